The molecule has 2 heterocycles. The van der Waals surface area contributed by atoms with Crippen molar-refractivity contribution in [3.63, 3.8) is 0 Å². The fourth-order valence-corrected chi connectivity index (χ4v) is 4.38. The lowest BCUT2D eigenvalue weighted by molar-refractivity contribution is -0.113. The van der Waals surface area contributed by atoms with Gasteiger partial charge >= 0.3 is 5.97 Å². The molecule has 0 radical (unpaired) electrons. The van der Waals surface area contributed by atoms with Crippen LogP contribution in [0.15, 0.2) is 29.4 Å². The summed E-state index contributed by atoms with van der Waals surface area (Å²) in [4.78, 5) is 25.6. The van der Waals surface area contributed by atoms with Crippen LogP contribution in [0.2, 0.25) is 0 Å². The molecule has 158 valence electrons. The normalized spacial score (nSPS) is 10.8. The number of amides is 1. The summed E-state index contributed by atoms with van der Waals surface area (Å²) in [6.07, 6.45) is 0. The van der Waals surface area contributed by atoms with E-state index < -0.39 is 11.8 Å². The minimum absolute atomic E-state index is 0.0230. The highest BCUT2D eigenvalue weighted by Gasteiger charge is 2.22. The third kappa shape index (κ3) is 4.46. The molecule has 1 aromatic carbocycles. The number of aromatic nitrogens is 3. The number of esters is 1. The van der Waals surface area contributed by atoms with Crippen LogP contribution in [0.4, 0.5) is 9.39 Å². The van der Waals surface area contributed by atoms with E-state index in [9.17, 15) is 14.0 Å². The van der Waals surface area contributed by atoms with Gasteiger partial charge < -0.3 is 15.9 Å². The number of rotatable bonds is 7. The zero-order chi connectivity index (χ0) is 21.8. The van der Waals surface area contributed by atoms with E-state index in [1.807, 2.05) is 13.8 Å². The number of hydrogen-bond acceptors (Lipinski definition) is 8. The zero-order valence-corrected chi connectivity index (χ0v) is 18.2. The molecule has 3 aromatic rings. The first-order chi connectivity index (χ1) is 14.3. The summed E-state index contributed by atoms with van der Waals surface area (Å²) in [6, 6.07) is 6.08. The number of anilines is 1. The molecule has 0 saturated carbocycles. The second-order valence-corrected chi connectivity index (χ2v) is 8.37. The Morgan fingerprint density at radius 3 is 2.73 bits per heavy atom. The Balaban J connectivity index is 1.70. The molecule has 30 heavy (non-hydrogen) atoms. The number of nitrogens with two attached hydrogens (primary N) is 1. The van der Waals surface area contributed by atoms with E-state index in [1.54, 1.807) is 25.1 Å². The van der Waals surface area contributed by atoms with Crippen LogP contribution in [0, 0.1) is 19.7 Å². The van der Waals surface area contributed by atoms with Crippen molar-refractivity contribution in [3.8, 4) is 11.4 Å². The summed E-state index contributed by atoms with van der Waals surface area (Å²) in [7, 11) is 0. The Bertz CT molecular complexity index is 1100. The number of hydrogen-bond donors (Lipinski definition) is 2. The van der Waals surface area contributed by atoms with Crippen LogP contribution in [0.25, 0.3) is 11.4 Å². The maximum atomic E-state index is 14.0. The Morgan fingerprint density at radius 2 is 2.03 bits per heavy atom. The number of ether oxygens (including phenoxy) is 1. The van der Waals surface area contributed by atoms with Crippen LogP contribution in [0.3, 0.4) is 0 Å². The fourth-order valence-electron chi connectivity index (χ4n) is 2.66. The Morgan fingerprint density at radius 1 is 1.30 bits per heavy atom. The first-order valence-electron chi connectivity index (χ1n) is 8.98. The van der Waals surface area contributed by atoms with E-state index in [2.05, 4.69) is 15.5 Å². The second-order valence-electron chi connectivity index (χ2n) is 6.20. The number of thiophene rings is 1. The summed E-state index contributed by atoms with van der Waals surface area (Å²) >= 11 is 2.36. The molecule has 2 aromatic heterocycles. The molecule has 3 rings (SSSR count). The lowest BCUT2D eigenvalue weighted by Gasteiger charge is -2.07. The molecule has 0 aliphatic rings. The number of nitrogen functional groups attached to an aromatic ring is 1. The van der Waals surface area contributed by atoms with Crippen molar-refractivity contribution < 1.29 is 18.7 Å². The maximum Gasteiger partial charge on any atom is 0.341 e. The van der Waals surface area contributed by atoms with Crippen LogP contribution in [-0.4, -0.2) is 39.1 Å². The molecule has 1 amide bonds. The van der Waals surface area contributed by atoms with Crippen LogP contribution in [-0.2, 0) is 9.53 Å². The summed E-state index contributed by atoms with van der Waals surface area (Å²) in [5.41, 5.74) is 1.35. The molecule has 8 nitrogen and oxygen atoms in total. The smallest absolute Gasteiger partial charge is 0.341 e. The molecule has 0 atom stereocenters. The molecular weight excluding hydrogens is 429 g/mol. The highest BCUT2D eigenvalue weighted by Crippen LogP contribution is 2.33. The van der Waals surface area contributed by atoms with Crippen molar-refractivity contribution in [3.05, 3.63) is 46.1 Å². The van der Waals surface area contributed by atoms with Crippen molar-refractivity contribution in [1.82, 2.24) is 14.9 Å². The first kappa shape index (κ1) is 21.8. The number of nitrogens with one attached hydrogen (secondary N) is 1. The molecule has 11 heteroatoms. The van der Waals surface area contributed by atoms with Gasteiger partial charge in [0.2, 0.25) is 11.1 Å². The average molecular weight is 450 g/mol. The summed E-state index contributed by atoms with van der Waals surface area (Å²) in [6.45, 7) is 5.64. The second kappa shape index (κ2) is 9.26. The number of halogens is 1. The van der Waals surface area contributed by atoms with E-state index in [0.29, 0.717) is 10.6 Å². The van der Waals surface area contributed by atoms with Crippen molar-refractivity contribution in [1.29, 1.82) is 0 Å². The number of carbonyl (C=O) groups is 2. The first-order valence-corrected chi connectivity index (χ1v) is 10.8. The van der Waals surface area contributed by atoms with E-state index in [1.165, 1.54) is 17.4 Å². The van der Waals surface area contributed by atoms with Gasteiger partial charge in [-0.1, -0.05) is 23.9 Å². The predicted octanol–water partition coefficient (Wildman–Crippen LogP) is 3.38. The quantitative estimate of drug-likeness (QED) is 0.323. The van der Waals surface area contributed by atoms with Gasteiger partial charge in [0.05, 0.1) is 23.5 Å². The van der Waals surface area contributed by atoms with Crippen molar-refractivity contribution in [2.45, 2.75) is 25.9 Å². The van der Waals surface area contributed by atoms with Gasteiger partial charge in [0, 0.05) is 4.88 Å². The van der Waals surface area contributed by atoms with Crippen molar-refractivity contribution >= 4 is 40.0 Å². The predicted molar refractivity (Wildman–Crippen MR) is 115 cm³/mol. The lowest BCUT2D eigenvalue weighted by atomic mass is 10.1. The van der Waals surface area contributed by atoms with Crippen molar-refractivity contribution in [2.75, 3.05) is 23.5 Å². The minimum atomic E-state index is -0.474. The van der Waals surface area contributed by atoms with Crippen LogP contribution in [0.1, 0.15) is 27.7 Å². The van der Waals surface area contributed by atoms with Crippen LogP contribution >= 0.6 is 23.1 Å². The molecule has 0 spiro atoms. The van der Waals surface area contributed by atoms with Crippen molar-refractivity contribution in [2.24, 2.45) is 0 Å². The highest BCUT2D eigenvalue weighted by atomic mass is 32.2. The van der Waals surface area contributed by atoms with Gasteiger partial charge in [-0.3, -0.25) is 4.79 Å². The Hall–Kier alpha value is -2.92. The number of aryl methyl sites for hydroxylation is 1. The molecule has 0 saturated heterocycles. The van der Waals surface area contributed by atoms with Crippen LogP contribution in [0.5, 0.6) is 0 Å². The zero-order valence-electron chi connectivity index (χ0n) is 16.6. The number of benzene rings is 1. The van der Waals surface area contributed by atoms with E-state index >= 15 is 0 Å². The molecule has 0 fully saturated rings. The molecular formula is C19H20FN5O3S2. The van der Waals surface area contributed by atoms with Gasteiger partial charge in [0.25, 0.3) is 0 Å². The van der Waals surface area contributed by atoms with Gasteiger partial charge in [0.1, 0.15) is 10.8 Å². The third-order valence-corrected chi connectivity index (χ3v) is 6.30. The van der Waals surface area contributed by atoms with Crippen LogP contribution < -0.4 is 11.2 Å². The Labute approximate surface area is 180 Å². The molecule has 0 aliphatic heterocycles. The molecule has 0 aliphatic carbocycles. The maximum absolute atomic E-state index is 14.0. The third-order valence-electron chi connectivity index (χ3n) is 4.23. The molecule has 3 N–H and O–H groups in total. The minimum Gasteiger partial charge on any atom is -0.462 e. The lowest BCUT2D eigenvalue weighted by Crippen LogP contribution is -2.18. The van der Waals surface area contributed by atoms with E-state index in [4.69, 9.17) is 10.6 Å². The monoisotopic (exact) mass is 449 g/mol. The summed E-state index contributed by atoms with van der Waals surface area (Å²) < 4.78 is 20.2. The van der Waals surface area contributed by atoms with Gasteiger partial charge in [0.15, 0.2) is 5.82 Å². The standard InChI is InChI=1S/C19H20FN5O3S2/c1-4-28-18(27)15-10(2)11(3)30-17(15)22-14(26)9-29-19-24-23-16(25(19)21)12-7-5-6-8-13(12)20/h5-8H,4,9,21H2,1-3H3,(H,22,26). The number of carbonyl (C=O) groups excluding carboxylic acids is 2. The molecule has 0 bridgehead atoms. The highest BCUT2D eigenvalue weighted by molar-refractivity contribution is 7.99. The molecule has 0 unspecified atom stereocenters. The van der Waals surface area contributed by atoms with Gasteiger partial charge in [-0.2, -0.15) is 0 Å². The fraction of sp³-hybridized carbons (Fsp3) is 0.263. The SMILES string of the molecule is CCOC(=O)c1c(NC(=O)CSc2nnc(-c3ccccc3F)n2N)sc(C)c1C. The number of thioether (sulfide) groups is 1. The largest absolute Gasteiger partial charge is 0.462 e. The summed E-state index contributed by atoms with van der Waals surface area (Å²) in [5.74, 6) is 4.82. The topological polar surface area (TPSA) is 112 Å². The van der Waals surface area contributed by atoms with Gasteiger partial charge in [-0.25, -0.2) is 13.9 Å². The summed E-state index contributed by atoms with van der Waals surface area (Å²) in [5, 5.41) is 11.3. The average Bonchev–Trinajstić information content (AvgIpc) is 3.20. The van der Waals surface area contributed by atoms with Gasteiger partial charge in [-0.05, 0) is 38.5 Å². The van der Waals surface area contributed by atoms with E-state index in [-0.39, 0.29) is 34.8 Å². The Kier molecular flexibility index (Phi) is 6.73. The van der Waals surface area contributed by atoms with E-state index in [0.717, 1.165) is 26.9 Å². The van der Waals surface area contributed by atoms with Gasteiger partial charge in [-0.15, -0.1) is 21.5 Å². The number of nitrogens with zero attached hydrogens (tertiary/aromatic N) is 3.